The van der Waals surface area contributed by atoms with Gasteiger partial charge in [0.2, 0.25) is 0 Å². The highest BCUT2D eigenvalue weighted by molar-refractivity contribution is 5.77. The molecule has 100 valence electrons. The smallest absolute Gasteiger partial charge is 0.168 e. The molecule has 0 bridgehead atoms. The van der Waals surface area contributed by atoms with Crippen LogP contribution in [-0.2, 0) is 0 Å². The zero-order valence-electron chi connectivity index (χ0n) is 10.6. The zero-order valence-corrected chi connectivity index (χ0v) is 10.6. The number of nitrogens with zero attached hydrogens (tertiary/aromatic N) is 2. The van der Waals surface area contributed by atoms with Crippen LogP contribution in [0.15, 0.2) is 30.6 Å². The molecule has 0 spiro atoms. The Morgan fingerprint density at radius 2 is 1.84 bits per heavy atom. The SMILES string of the molecule is CCOc1ccc(Nc2ncnc(NN)c2N)cc1. The molecule has 0 unspecified atom stereocenters. The lowest BCUT2D eigenvalue weighted by molar-refractivity contribution is 0.340. The van der Waals surface area contributed by atoms with E-state index in [0.717, 1.165) is 11.4 Å². The molecule has 0 aliphatic rings. The third-order valence-corrected chi connectivity index (χ3v) is 2.45. The largest absolute Gasteiger partial charge is 0.494 e. The van der Waals surface area contributed by atoms with Crippen LogP contribution in [-0.4, -0.2) is 16.6 Å². The van der Waals surface area contributed by atoms with Crippen molar-refractivity contribution in [1.82, 2.24) is 9.97 Å². The number of hydrogen-bond donors (Lipinski definition) is 4. The standard InChI is InChI=1S/C12H16N6O/c1-2-19-9-5-3-8(4-6-9)17-11-10(13)12(18-14)16-7-15-11/h3-7H,2,13-14H2,1H3,(H2,15,16,17,18). The molecule has 0 saturated heterocycles. The summed E-state index contributed by atoms with van der Waals surface area (Å²) in [5.74, 6) is 6.99. The van der Waals surface area contributed by atoms with Crippen molar-refractivity contribution < 1.29 is 4.74 Å². The van der Waals surface area contributed by atoms with E-state index in [1.807, 2.05) is 31.2 Å². The molecule has 2 rings (SSSR count). The van der Waals surface area contributed by atoms with E-state index in [9.17, 15) is 0 Å². The van der Waals surface area contributed by atoms with Crippen LogP contribution in [0.4, 0.5) is 23.0 Å². The summed E-state index contributed by atoms with van der Waals surface area (Å²) in [6.45, 7) is 2.58. The molecule has 0 atom stereocenters. The Kier molecular flexibility index (Phi) is 3.99. The van der Waals surface area contributed by atoms with Gasteiger partial charge in [0, 0.05) is 5.69 Å². The first kappa shape index (κ1) is 12.9. The van der Waals surface area contributed by atoms with Gasteiger partial charge in [0.05, 0.1) is 6.61 Å². The first-order valence-electron chi connectivity index (χ1n) is 5.81. The topological polar surface area (TPSA) is 111 Å². The number of nitrogen functional groups attached to an aromatic ring is 2. The average molecular weight is 260 g/mol. The number of nitrogens with one attached hydrogen (secondary N) is 2. The van der Waals surface area contributed by atoms with E-state index in [4.69, 9.17) is 16.3 Å². The maximum atomic E-state index is 5.86. The van der Waals surface area contributed by atoms with Crippen molar-refractivity contribution in [2.45, 2.75) is 6.92 Å². The van der Waals surface area contributed by atoms with Crippen LogP contribution >= 0.6 is 0 Å². The molecular weight excluding hydrogens is 244 g/mol. The van der Waals surface area contributed by atoms with Gasteiger partial charge in [-0.1, -0.05) is 0 Å². The van der Waals surface area contributed by atoms with E-state index in [2.05, 4.69) is 20.7 Å². The van der Waals surface area contributed by atoms with Crippen molar-refractivity contribution in [2.24, 2.45) is 5.84 Å². The normalized spacial score (nSPS) is 10.0. The number of ether oxygens (including phenoxy) is 1. The first-order chi connectivity index (χ1) is 9.24. The molecule has 6 N–H and O–H groups in total. The second-order valence-corrected chi connectivity index (χ2v) is 3.71. The molecule has 19 heavy (non-hydrogen) atoms. The minimum absolute atomic E-state index is 0.360. The number of aromatic nitrogens is 2. The third-order valence-electron chi connectivity index (χ3n) is 2.45. The predicted molar refractivity (Wildman–Crippen MR) is 75.1 cm³/mol. The number of benzene rings is 1. The van der Waals surface area contributed by atoms with Gasteiger partial charge in [0.15, 0.2) is 11.6 Å². The summed E-state index contributed by atoms with van der Waals surface area (Å²) in [6.07, 6.45) is 1.38. The van der Waals surface area contributed by atoms with Crippen molar-refractivity contribution in [3.63, 3.8) is 0 Å². The third kappa shape index (κ3) is 3.02. The second kappa shape index (κ2) is 5.87. The molecule has 0 aliphatic carbocycles. The monoisotopic (exact) mass is 260 g/mol. The van der Waals surface area contributed by atoms with Gasteiger partial charge in [0.1, 0.15) is 17.8 Å². The van der Waals surface area contributed by atoms with Gasteiger partial charge in [-0.2, -0.15) is 0 Å². The number of nitrogens with two attached hydrogens (primary N) is 2. The highest BCUT2D eigenvalue weighted by Crippen LogP contribution is 2.25. The maximum Gasteiger partial charge on any atom is 0.168 e. The molecule has 0 radical (unpaired) electrons. The highest BCUT2D eigenvalue weighted by atomic mass is 16.5. The summed E-state index contributed by atoms with van der Waals surface area (Å²) < 4.78 is 5.37. The fourth-order valence-electron chi connectivity index (χ4n) is 1.55. The molecule has 0 aliphatic heterocycles. The molecule has 0 fully saturated rings. The van der Waals surface area contributed by atoms with E-state index in [1.165, 1.54) is 6.33 Å². The maximum absolute atomic E-state index is 5.86. The molecule has 0 amide bonds. The van der Waals surface area contributed by atoms with Gasteiger partial charge >= 0.3 is 0 Å². The Bertz CT molecular complexity index is 542. The lowest BCUT2D eigenvalue weighted by atomic mass is 10.3. The number of hydrazine groups is 1. The molecule has 1 aromatic carbocycles. The Morgan fingerprint density at radius 3 is 2.47 bits per heavy atom. The van der Waals surface area contributed by atoms with Gasteiger partial charge in [-0.3, -0.25) is 0 Å². The summed E-state index contributed by atoms with van der Waals surface area (Å²) in [4.78, 5) is 7.97. The predicted octanol–water partition coefficient (Wildman–Crippen LogP) is 1.49. The number of rotatable bonds is 5. The molecule has 2 aromatic rings. The molecule has 1 heterocycles. The summed E-state index contributed by atoms with van der Waals surface area (Å²) in [5, 5.41) is 3.09. The lowest BCUT2D eigenvalue weighted by Gasteiger charge is -2.11. The van der Waals surface area contributed by atoms with Crippen molar-refractivity contribution >= 4 is 23.0 Å². The molecular formula is C12H16N6O. The molecule has 7 heteroatoms. The van der Waals surface area contributed by atoms with Crippen LogP contribution in [0.1, 0.15) is 6.92 Å². The van der Waals surface area contributed by atoms with Crippen LogP contribution in [0.5, 0.6) is 5.75 Å². The van der Waals surface area contributed by atoms with Crippen molar-refractivity contribution in [3.8, 4) is 5.75 Å². The van der Waals surface area contributed by atoms with Crippen LogP contribution in [0.25, 0.3) is 0 Å². The van der Waals surface area contributed by atoms with Crippen LogP contribution in [0.3, 0.4) is 0 Å². The van der Waals surface area contributed by atoms with Gasteiger partial charge < -0.3 is 21.2 Å². The number of hydrogen-bond acceptors (Lipinski definition) is 7. The quantitative estimate of drug-likeness (QED) is 0.476. The Hall–Kier alpha value is -2.54. The zero-order chi connectivity index (χ0) is 13.7. The van der Waals surface area contributed by atoms with E-state index < -0.39 is 0 Å². The van der Waals surface area contributed by atoms with Gasteiger partial charge in [-0.15, -0.1) is 0 Å². The van der Waals surface area contributed by atoms with Gasteiger partial charge in [-0.05, 0) is 31.2 Å². The van der Waals surface area contributed by atoms with Crippen molar-refractivity contribution in [1.29, 1.82) is 0 Å². The van der Waals surface area contributed by atoms with Gasteiger partial charge in [0.25, 0.3) is 0 Å². The minimum atomic E-state index is 0.360. The van der Waals surface area contributed by atoms with E-state index in [1.54, 1.807) is 0 Å². The second-order valence-electron chi connectivity index (χ2n) is 3.71. The van der Waals surface area contributed by atoms with Crippen LogP contribution in [0.2, 0.25) is 0 Å². The first-order valence-corrected chi connectivity index (χ1v) is 5.81. The van der Waals surface area contributed by atoms with Gasteiger partial charge in [-0.25, -0.2) is 15.8 Å². The minimum Gasteiger partial charge on any atom is -0.494 e. The Morgan fingerprint density at radius 1 is 1.16 bits per heavy atom. The van der Waals surface area contributed by atoms with Crippen molar-refractivity contribution in [3.05, 3.63) is 30.6 Å². The highest BCUT2D eigenvalue weighted by Gasteiger charge is 2.07. The fraction of sp³-hybridized carbons (Fsp3) is 0.167. The molecule has 7 nitrogen and oxygen atoms in total. The Labute approximate surface area is 111 Å². The van der Waals surface area contributed by atoms with Crippen LogP contribution < -0.4 is 27.1 Å². The average Bonchev–Trinajstić information content (AvgIpc) is 2.43. The molecule has 1 aromatic heterocycles. The molecule has 0 saturated carbocycles. The van der Waals surface area contributed by atoms with E-state index >= 15 is 0 Å². The van der Waals surface area contributed by atoms with E-state index in [0.29, 0.717) is 23.9 Å². The summed E-state index contributed by atoms with van der Waals surface area (Å²) >= 11 is 0. The summed E-state index contributed by atoms with van der Waals surface area (Å²) in [6, 6.07) is 7.49. The Balaban J connectivity index is 2.16. The summed E-state index contributed by atoms with van der Waals surface area (Å²) in [5.41, 5.74) is 9.48. The van der Waals surface area contributed by atoms with E-state index in [-0.39, 0.29) is 0 Å². The summed E-state index contributed by atoms with van der Waals surface area (Å²) in [7, 11) is 0. The lowest BCUT2D eigenvalue weighted by Crippen LogP contribution is -2.12. The number of anilines is 4. The fourth-order valence-corrected chi connectivity index (χ4v) is 1.55. The van der Waals surface area contributed by atoms with Crippen molar-refractivity contribution in [2.75, 3.05) is 23.1 Å². The van der Waals surface area contributed by atoms with Crippen LogP contribution in [0, 0.1) is 0 Å².